The van der Waals surface area contributed by atoms with Crippen molar-refractivity contribution in [3.8, 4) is 0 Å². The summed E-state index contributed by atoms with van der Waals surface area (Å²) in [5.41, 5.74) is 0. The van der Waals surface area contributed by atoms with Gasteiger partial charge in [-0.15, -0.1) is 24.0 Å². The van der Waals surface area contributed by atoms with Crippen molar-refractivity contribution in [2.24, 2.45) is 0 Å². The molecule has 1 aliphatic rings. The lowest BCUT2D eigenvalue weighted by Crippen LogP contribution is -2.18. The molecule has 3 heteroatoms. The van der Waals surface area contributed by atoms with E-state index in [1.807, 2.05) is 0 Å². The van der Waals surface area contributed by atoms with Crippen molar-refractivity contribution >= 4 is 24.0 Å². The number of halogens is 2. The van der Waals surface area contributed by atoms with Crippen LogP contribution in [-0.4, -0.2) is 30.4 Å². The molecule has 1 saturated heterocycles. The third-order valence-corrected chi connectivity index (χ3v) is 2.32. The van der Waals surface area contributed by atoms with Gasteiger partial charge in [0.05, 0.1) is 0 Å². The van der Waals surface area contributed by atoms with Crippen molar-refractivity contribution < 1.29 is 0 Å². The van der Waals surface area contributed by atoms with Crippen LogP contribution in [0, 0.1) is 0 Å². The molecule has 0 aromatic carbocycles. The van der Waals surface area contributed by atoms with Gasteiger partial charge in [-0.1, -0.05) is 0 Å². The van der Waals surface area contributed by atoms with E-state index in [0.29, 0.717) is 5.38 Å². The summed E-state index contributed by atoms with van der Waals surface area (Å²) < 4.78 is 0. The Balaban J connectivity index is 0.000000810. The fraction of sp³-hybridized carbons (Fsp3) is 1.00. The Labute approximate surface area is 74.1 Å². The summed E-state index contributed by atoms with van der Waals surface area (Å²) in [7, 11) is 2.16. The average Bonchev–Trinajstić information content (AvgIpc) is 1.97. The zero-order chi connectivity index (χ0) is 6.69. The van der Waals surface area contributed by atoms with E-state index in [4.69, 9.17) is 11.6 Å². The van der Waals surface area contributed by atoms with E-state index in [9.17, 15) is 0 Å². The van der Waals surface area contributed by atoms with Gasteiger partial charge in [-0.3, -0.25) is 0 Å². The second kappa shape index (κ2) is 5.22. The molecule has 1 atom stereocenters. The molecule has 0 N–H and O–H groups in total. The molecule has 0 aliphatic carbocycles. The van der Waals surface area contributed by atoms with E-state index in [2.05, 4.69) is 11.9 Å². The highest BCUT2D eigenvalue weighted by Gasteiger charge is 2.10. The van der Waals surface area contributed by atoms with Crippen LogP contribution in [0.4, 0.5) is 0 Å². The first kappa shape index (κ1) is 10.5. The molecule has 0 spiro atoms. The van der Waals surface area contributed by atoms with E-state index in [0.717, 1.165) is 6.42 Å². The van der Waals surface area contributed by atoms with E-state index in [1.165, 1.54) is 25.9 Å². The number of nitrogens with zero attached hydrogens (tertiary/aromatic N) is 1. The Hall–Kier alpha value is 0.540. The summed E-state index contributed by atoms with van der Waals surface area (Å²) >= 11 is 5.96. The molecule has 62 valence electrons. The van der Waals surface area contributed by atoms with Crippen molar-refractivity contribution in [2.75, 3.05) is 20.1 Å². The largest absolute Gasteiger partial charge is 0.306 e. The predicted molar refractivity (Wildman–Crippen MR) is 48.2 cm³/mol. The van der Waals surface area contributed by atoms with Crippen molar-refractivity contribution in [1.82, 2.24) is 4.90 Å². The summed E-state index contributed by atoms with van der Waals surface area (Å²) in [6, 6.07) is 0. The Morgan fingerprint density at radius 2 is 2.00 bits per heavy atom. The monoisotopic (exact) mass is 183 g/mol. The SMILES string of the molecule is CN1CCCC(Cl)CC1.Cl. The lowest BCUT2D eigenvalue weighted by atomic mass is 10.2. The van der Waals surface area contributed by atoms with Crippen molar-refractivity contribution in [1.29, 1.82) is 0 Å². The number of hydrogen-bond acceptors (Lipinski definition) is 1. The molecule has 0 radical (unpaired) electrons. The zero-order valence-electron chi connectivity index (χ0n) is 6.35. The number of alkyl halides is 1. The molecule has 0 aromatic heterocycles. The molecule has 1 unspecified atom stereocenters. The average molecular weight is 184 g/mol. The van der Waals surface area contributed by atoms with Crippen LogP contribution < -0.4 is 0 Å². The van der Waals surface area contributed by atoms with Crippen LogP contribution in [0.25, 0.3) is 0 Å². The van der Waals surface area contributed by atoms with Gasteiger partial charge in [0.25, 0.3) is 0 Å². The maximum Gasteiger partial charge on any atom is 0.0348 e. The summed E-state index contributed by atoms with van der Waals surface area (Å²) in [5.74, 6) is 0. The number of hydrogen-bond donors (Lipinski definition) is 0. The van der Waals surface area contributed by atoms with E-state index in [-0.39, 0.29) is 12.4 Å². The highest BCUT2D eigenvalue weighted by atomic mass is 35.5. The number of rotatable bonds is 0. The molecular weight excluding hydrogens is 169 g/mol. The fourth-order valence-corrected chi connectivity index (χ4v) is 1.45. The molecule has 0 amide bonds. The quantitative estimate of drug-likeness (QED) is 0.521. The van der Waals surface area contributed by atoms with Crippen LogP contribution in [0.1, 0.15) is 19.3 Å². The first-order valence-corrected chi connectivity index (χ1v) is 4.05. The van der Waals surface area contributed by atoms with Gasteiger partial charge in [0.2, 0.25) is 0 Å². The van der Waals surface area contributed by atoms with Crippen LogP contribution in [0.15, 0.2) is 0 Å². The lowest BCUT2D eigenvalue weighted by Gasteiger charge is -2.10. The third-order valence-electron chi connectivity index (χ3n) is 1.88. The molecule has 0 bridgehead atoms. The Kier molecular flexibility index (Phi) is 5.51. The maximum absolute atomic E-state index is 5.96. The van der Waals surface area contributed by atoms with Crippen LogP contribution in [0.2, 0.25) is 0 Å². The molecule has 1 aliphatic heterocycles. The standard InChI is InChI=1S/C7H14ClN.ClH/c1-9-5-2-3-7(8)4-6-9;/h7H,2-6H2,1H3;1H. The Morgan fingerprint density at radius 3 is 2.70 bits per heavy atom. The molecular formula is C7H15Cl2N. The second-order valence-corrected chi connectivity index (χ2v) is 3.45. The second-order valence-electron chi connectivity index (χ2n) is 2.83. The first-order valence-electron chi connectivity index (χ1n) is 3.61. The van der Waals surface area contributed by atoms with Crippen LogP contribution in [0.5, 0.6) is 0 Å². The predicted octanol–water partition coefficient (Wildman–Crippen LogP) is 2.13. The van der Waals surface area contributed by atoms with Crippen molar-refractivity contribution in [3.05, 3.63) is 0 Å². The minimum absolute atomic E-state index is 0. The summed E-state index contributed by atoms with van der Waals surface area (Å²) in [6.45, 7) is 2.40. The maximum atomic E-state index is 5.96. The van der Waals surface area contributed by atoms with Gasteiger partial charge in [-0.2, -0.15) is 0 Å². The highest BCUT2D eigenvalue weighted by molar-refractivity contribution is 6.20. The molecule has 0 aromatic rings. The van der Waals surface area contributed by atoms with Crippen LogP contribution in [0.3, 0.4) is 0 Å². The minimum atomic E-state index is 0. The molecule has 10 heavy (non-hydrogen) atoms. The molecule has 1 fully saturated rings. The topological polar surface area (TPSA) is 3.24 Å². The molecule has 1 nitrogen and oxygen atoms in total. The van der Waals surface area contributed by atoms with E-state index >= 15 is 0 Å². The fourth-order valence-electron chi connectivity index (χ4n) is 1.20. The third kappa shape index (κ3) is 3.65. The van der Waals surface area contributed by atoms with Gasteiger partial charge in [0.15, 0.2) is 0 Å². The van der Waals surface area contributed by atoms with Gasteiger partial charge in [-0.25, -0.2) is 0 Å². The first-order chi connectivity index (χ1) is 4.29. The summed E-state index contributed by atoms with van der Waals surface area (Å²) in [6.07, 6.45) is 3.63. The van der Waals surface area contributed by atoms with Gasteiger partial charge < -0.3 is 4.90 Å². The summed E-state index contributed by atoms with van der Waals surface area (Å²) in [5, 5.41) is 0.440. The van der Waals surface area contributed by atoms with Crippen molar-refractivity contribution in [2.45, 2.75) is 24.6 Å². The Morgan fingerprint density at radius 1 is 1.30 bits per heavy atom. The summed E-state index contributed by atoms with van der Waals surface area (Å²) in [4.78, 5) is 2.35. The highest BCUT2D eigenvalue weighted by Crippen LogP contribution is 2.14. The zero-order valence-corrected chi connectivity index (χ0v) is 7.92. The van der Waals surface area contributed by atoms with Gasteiger partial charge >= 0.3 is 0 Å². The van der Waals surface area contributed by atoms with E-state index < -0.39 is 0 Å². The van der Waals surface area contributed by atoms with Crippen LogP contribution in [-0.2, 0) is 0 Å². The molecule has 1 heterocycles. The molecule has 0 saturated carbocycles. The number of likely N-dealkylation sites (tertiary alicyclic amines) is 1. The lowest BCUT2D eigenvalue weighted by molar-refractivity contribution is 0.349. The Bertz CT molecular complexity index is 77.7. The smallest absolute Gasteiger partial charge is 0.0348 e. The van der Waals surface area contributed by atoms with Gasteiger partial charge in [-0.05, 0) is 39.4 Å². The van der Waals surface area contributed by atoms with Crippen LogP contribution >= 0.6 is 24.0 Å². The van der Waals surface area contributed by atoms with Crippen molar-refractivity contribution in [3.63, 3.8) is 0 Å². The van der Waals surface area contributed by atoms with Gasteiger partial charge in [0.1, 0.15) is 0 Å². The van der Waals surface area contributed by atoms with E-state index in [1.54, 1.807) is 0 Å². The minimum Gasteiger partial charge on any atom is -0.306 e. The molecule has 1 rings (SSSR count). The van der Waals surface area contributed by atoms with Gasteiger partial charge in [0, 0.05) is 5.38 Å². The normalized spacial score (nSPS) is 28.8.